The minimum atomic E-state index is -0.637. The molecule has 1 aromatic carbocycles. The third-order valence-corrected chi connectivity index (χ3v) is 3.16. The molecule has 1 aromatic rings. The molecular weight excluding hydrogens is 286 g/mol. The summed E-state index contributed by atoms with van der Waals surface area (Å²) >= 11 is 0. The van der Waals surface area contributed by atoms with Gasteiger partial charge in [0.2, 0.25) is 6.79 Å². The van der Waals surface area contributed by atoms with Crippen LogP contribution >= 0.6 is 0 Å². The standard InChI is InChI=1S/C15H21N3O4/c1-18(2)7-3-6-16-14(19)15(20)17-9-11-4-5-12-13(8-11)22-10-21-12/h4-5,8H,3,6-7,9-10H2,1-2H3,(H,16,19)(H,17,20). The maximum Gasteiger partial charge on any atom is 0.309 e. The first kappa shape index (κ1) is 16.1. The first-order chi connectivity index (χ1) is 10.6. The van der Waals surface area contributed by atoms with Crippen LogP contribution in [0, 0.1) is 0 Å². The van der Waals surface area contributed by atoms with E-state index in [0.29, 0.717) is 18.0 Å². The molecule has 0 radical (unpaired) electrons. The van der Waals surface area contributed by atoms with Gasteiger partial charge in [-0.05, 0) is 44.8 Å². The molecule has 0 aliphatic carbocycles. The number of ether oxygens (including phenoxy) is 2. The molecule has 0 atom stereocenters. The lowest BCUT2D eigenvalue weighted by molar-refractivity contribution is -0.139. The number of benzene rings is 1. The van der Waals surface area contributed by atoms with Crippen LogP contribution in [0.15, 0.2) is 18.2 Å². The van der Waals surface area contributed by atoms with E-state index in [2.05, 4.69) is 10.6 Å². The number of carbonyl (C=O) groups is 2. The molecule has 7 heteroatoms. The van der Waals surface area contributed by atoms with E-state index in [1.165, 1.54) is 0 Å². The van der Waals surface area contributed by atoms with Gasteiger partial charge in [-0.25, -0.2) is 0 Å². The monoisotopic (exact) mass is 307 g/mol. The summed E-state index contributed by atoms with van der Waals surface area (Å²) in [6.07, 6.45) is 0.800. The Labute approximate surface area is 129 Å². The number of fused-ring (bicyclic) bond motifs is 1. The highest BCUT2D eigenvalue weighted by Gasteiger charge is 2.15. The normalized spacial score (nSPS) is 12.3. The van der Waals surface area contributed by atoms with Gasteiger partial charge in [0.05, 0.1) is 0 Å². The van der Waals surface area contributed by atoms with Crippen molar-refractivity contribution in [3.05, 3.63) is 23.8 Å². The number of rotatable bonds is 6. The summed E-state index contributed by atoms with van der Waals surface area (Å²) in [6, 6.07) is 5.39. The third kappa shape index (κ3) is 4.63. The van der Waals surface area contributed by atoms with Crippen molar-refractivity contribution in [1.29, 1.82) is 0 Å². The van der Waals surface area contributed by atoms with Crippen molar-refractivity contribution in [2.24, 2.45) is 0 Å². The lowest BCUT2D eigenvalue weighted by Gasteiger charge is -2.10. The molecule has 22 heavy (non-hydrogen) atoms. The number of hydrogen-bond acceptors (Lipinski definition) is 5. The van der Waals surface area contributed by atoms with E-state index in [0.717, 1.165) is 18.5 Å². The van der Waals surface area contributed by atoms with Crippen LogP contribution in [0.5, 0.6) is 11.5 Å². The van der Waals surface area contributed by atoms with E-state index in [4.69, 9.17) is 9.47 Å². The Bertz CT molecular complexity index is 546. The fourth-order valence-electron chi connectivity index (χ4n) is 1.99. The van der Waals surface area contributed by atoms with Gasteiger partial charge in [-0.2, -0.15) is 0 Å². The van der Waals surface area contributed by atoms with Gasteiger partial charge in [0.25, 0.3) is 0 Å². The smallest absolute Gasteiger partial charge is 0.309 e. The second kappa shape index (κ2) is 7.65. The van der Waals surface area contributed by atoms with E-state index < -0.39 is 11.8 Å². The van der Waals surface area contributed by atoms with Crippen molar-refractivity contribution >= 4 is 11.8 Å². The van der Waals surface area contributed by atoms with Crippen molar-refractivity contribution in [2.75, 3.05) is 34.0 Å². The Hall–Kier alpha value is -2.28. The average molecular weight is 307 g/mol. The molecule has 2 rings (SSSR count). The molecule has 0 aromatic heterocycles. The lowest BCUT2D eigenvalue weighted by atomic mass is 10.2. The fourth-order valence-corrected chi connectivity index (χ4v) is 1.99. The number of nitrogens with zero attached hydrogens (tertiary/aromatic N) is 1. The van der Waals surface area contributed by atoms with Crippen LogP contribution in [0.4, 0.5) is 0 Å². The summed E-state index contributed by atoms with van der Waals surface area (Å²) in [5.41, 5.74) is 0.845. The van der Waals surface area contributed by atoms with Crippen LogP contribution in [0.2, 0.25) is 0 Å². The fraction of sp³-hybridized carbons (Fsp3) is 0.467. The number of carbonyl (C=O) groups excluding carboxylic acids is 2. The number of amides is 2. The van der Waals surface area contributed by atoms with E-state index in [1.54, 1.807) is 12.1 Å². The first-order valence-corrected chi connectivity index (χ1v) is 7.15. The quantitative estimate of drug-likeness (QED) is 0.575. The SMILES string of the molecule is CN(C)CCCNC(=O)C(=O)NCc1ccc2c(c1)OCO2. The van der Waals surface area contributed by atoms with Crippen molar-refractivity contribution in [3.63, 3.8) is 0 Å². The molecule has 120 valence electrons. The zero-order valence-corrected chi connectivity index (χ0v) is 12.8. The predicted molar refractivity (Wildman–Crippen MR) is 80.6 cm³/mol. The highest BCUT2D eigenvalue weighted by atomic mass is 16.7. The minimum absolute atomic E-state index is 0.209. The zero-order valence-electron chi connectivity index (χ0n) is 12.8. The molecule has 2 amide bonds. The van der Waals surface area contributed by atoms with Gasteiger partial charge in [0.15, 0.2) is 11.5 Å². The molecule has 0 unspecified atom stereocenters. The van der Waals surface area contributed by atoms with Gasteiger partial charge in [-0.15, -0.1) is 0 Å². The van der Waals surface area contributed by atoms with Gasteiger partial charge in [0, 0.05) is 13.1 Å². The average Bonchev–Trinajstić information content (AvgIpc) is 2.96. The summed E-state index contributed by atoms with van der Waals surface area (Å²) < 4.78 is 10.5. The van der Waals surface area contributed by atoms with E-state index in [1.807, 2.05) is 25.1 Å². The van der Waals surface area contributed by atoms with Crippen LogP contribution in [0.1, 0.15) is 12.0 Å². The highest BCUT2D eigenvalue weighted by Crippen LogP contribution is 2.32. The number of nitrogens with one attached hydrogen (secondary N) is 2. The summed E-state index contributed by atoms with van der Waals surface area (Å²) in [5, 5.41) is 5.18. The Kier molecular flexibility index (Phi) is 5.60. The zero-order chi connectivity index (χ0) is 15.9. The van der Waals surface area contributed by atoms with E-state index in [9.17, 15) is 9.59 Å². The molecule has 0 saturated heterocycles. The van der Waals surface area contributed by atoms with Crippen LogP contribution in [0.3, 0.4) is 0 Å². The highest BCUT2D eigenvalue weighted by molar-refractivity contribution is 6.35. The predicted octanol–water partition coefficient (Wildman–Crippen LogP) is 0.0994. The number of hydrogen-bond donors (Lipinski definition) is 2. The second-order valence-corrected chi connectivity index (χ2v) is 5.28. The third-order valence-electron chi connectivity index (χ3n) is 3.16. The lowest BCUT2D eigenvalue weighted by Crippen LogP contribution is -2.40. The summed E-state index contributed by atoms with van der Waals surface area (Å²) in [7, 11) is 3.92. The molecular formula is C15H21N3O4. The molecule has 1 heterocycles. The first-order valence-electron chi connectivity index (χ1n) is 7.15. The molecule has 0 spiro atoms. The molecule has 0 saturated carbocycles. The van der Waals surface area contributed by atoms with Crippen molar-refractivity contribution in [1.82, 2.24) is 15.5 Å². The van der Waals surface area contributed by atoms with E-state index >= 15 is 0 Å². The van der Waals surface area contributed by atoms with Crippen molar-refractivity contribution < 1.29 is 19.1 Å². The molecule has 1 aliphatic heterocycles. The van der Waals surface area contributed by atoms with Crippen LogP contribution in [0.25, 0.3) is 0 Å². The molecule has 1 aliphatic rings. The molecule has 0 bridgehead atoms. The Balaban J connectivity index is 1.71. The molecule has 2 N–H and O–H groups in total. The van der Waals surface area contributed by atoms with Gasteiger partial charge in [0.1, 0.15) is 0 Å². The van der Waals surface area contributed by atoms with Gasteiger partial charge < -0.3 is 25.0 Å². The topological polar surface area (TPSA) is 79.9 Å². The van der Waals surface area contributed by atoms with Gasteiger partial charge >= 0.3 is 11.8 Å². The summed E-state index contributed by atoms with van der Waals surface area (Å²) in [6.45, 7) is 1.81. The van der Waals surface area contributed by atoms with Gasteiger partial charge in [-0.1, -0.05) is 6.07 Å². The van der Waals surface area contributed by atoms with Crippen LogP contribution in [-0.4, -0.2) is 50.7 Å². The molecule has 7 nitrogen and oxygen atoms in total. The minimum Gasteiger partial charge on any atom is -0.454 e. The van der Waals surface area contributed by atoms with E-state index in [-0.39, 0.29) is 13.3 Å². The van der Waals surface area contributed by atoms with Crippen LogP contribution in [-0.2, 0) is 16.1 Å². The molecule has 0 fully saturated rings. The largest absolute Gasteiger partial charge is 0.454 e. The van der Waals surface area contributed by atoms with Crippen LogP contribution < -0.4 is 20.1 Å². The maximum atomic E-state index is 11.7. The summed E-state index contributed by atoms with van der Waals surface area (Å²) in [4.78, 5) is 25.3. The second-order valence-electron chi connectivity index (χ2n) is 5.28. The van der Waals surface area contributed by atoms with Crippen molar-refractivity contribution in [2.45, 2.75) is 13.0 Å². The maximum absolute atomic E-state index is 11.7. The summed E-state index contributed by atoms with van der Waals surface area (Å²) in [5.74, 6) is 0.0932. The van der Waals surface area contributed by atoms with Crippen molar-refractivity contribution in [3.8, 4) is 11.5 Å². The Morgan fingerprint density at radius 3 is 2.64 bits per heavy atom. The Morgan fingerprint density at radius 1 is 1.14 bits per heavy atom. The van der Waals surface area contributed by atoms with Gasteiger partial charge in [-0.3, -0.25) is 9.59 Å². The Morgan fingerprint density at radius 2 is 1.86 bits per heavy atom.